The molecule has 0 bridgehead atoms. The van der Waals surface area contributed by atoms with Crippen molar-refractivity contribution >= 4 is 27.5 Å². The number of aromatic amines is 1. The van der Waals surface area contributed by atoms with E-state index in [1.807, 2.05) is 0 Å². The van der Waals surface area contributed by atoms with E-state index in [4.69, 9.17) is 9.72 Å². The number of aromatic nitrogens is 2. The number of nitrogens with zero attached hydrogens (tertiary/aromatic N) is 1. The van der Waals surface area contributed by atoms with Crippen LogP contribution in [-0.2, 0) is 28.8 Å². The highest BCUT2D eigenvalue weighted by molar-refractivity contribution is 7.18. The standard InChI is InChI=1S/C22H31N3O3S/c1-22(2,3)13-6-7-15-16(11-13)29-21-19(15)20(27)24-17(25-21)8-9-18(26)23-12-14-5-4-10-28-14/h13-14H,4-12H2,1-3H3,(H,23,26)(H,24,25,27)/t13-,14-/m1/s1. The fourth-order valence-electron chi connectivity index (χ4n) is 4.44. The van der Waals surface area contributed by atoms with Crippen molar-refractivity contribution in [3.05, 3.63) is 26.6 Å². The lowest BCUT2D eigenvalue weighted by molar-refractivity contribution is -0.121. The Morgan fingerprint density at radius 2 is 2.17 bits per heavy atom. The number of ether oxygens (including phenoxy) is 1. The van der Waals surface area contributed by atoms with Crippen LogP contribution >= 0.6 is 11.3 Å². The minimum atomic E-state index is -0.0588. The molecule has 0 spiro atoms. The van der Waals surface area contributed by atoms with Crippen molar-refractivity contribution in [2.45, 2.75) is 71.8 Å². The Bertz CT molecular complexity index is 951. The van der Waals surface area contributed by atoms with E-state index >= 15 is 0 Å². The molecule has 1 aliphatic heterocycles. The Kier molecular flexibility index (Phi) is 5.80. The zero-order valence-electron chi connectivity index (χ0n) is 17.6. The third-order valence-corrected chi connectivity index (χ3v) is 7.48. The van der Waals surface area contributed by atoms with Crippen molar-refractivity contribution in [1.82, 2.24) is 15.3 Å². The fourth-order valence-corrected chi connectivity index (χ4v) is 5.76. The molecule has 158 valence electrons. The molecule has 0 aromatic carbocycles. The molecule has 1 amide bonds. The predicted octanol–water partition coefficient (Wildman–Crippen LogP) is 3.36. The second-order valence-corrected chi connectivity index (χ2v) is 10.5. The summed E-state index contributed by atoms with van der Waals surface area (Å²) in [5.74, 6) is 1.21. The van der Waals surface area contributed by atoms with Gasteiger partial charge in [-0.25, -0.2) is 4.98 Å². The molecule has 2 N–H and O–H groups in total. The van der Waals surface area contributed by atoms with E-state index in [0.717, 1.165) is 48.9 Å². The normalized spacial score (nSPS) is 22.0. The van der Waals surface area contributed by atoms with Gasteiger partial charge >= 0.3 is 0 Å². The number of amides is 1. The SMILES string of the molecule is CC(C)(C)[C@@H]1CCc2c(sc3nc(CCC(=O)NC[C@H]4CCCO4)[nH]c(=O)c23)C1. The second kappa shape index (κ2) is 8.19. The van der Waals surface area contributed by atoms with Crippen LogP contribution in [0, 0.1) is 11.3 Å². The van der Waals surface area contributed by atoms with Crippen molar-refractivity contribution in [3.63, 3.8) is 0 Å². The first-order valence-electron chi connectivity index (χ1n) is 10.7. The Balaban J connectivity index is 1.44. The molecular formula is C22H31N3O3S. The Hall–Kier alpha value is -1.73. The van der Waals surface area contributed by atoms with E-state index in [2.05, 4.69) is 31.1 Å². The number of aryl methyl sites for hydroxylation is 2. The highest BCUT2D eigenvalue weighted by Gasteiger charge is 2.31. The van der Waals surface area contributed by atoms with E-state index in [1.165, 1.54) is 10.4 Å². The van der Waals surface area contributed by atoms with Gasteiger partial charge in [0.2, 0.25) is 5.91 Å². The first kappa shape index (κ1) is 20.5. The molecule has 0 unspecified atom stereocenters. The fraction of sp³-hybridized carbons (Fsp3) is 0.682. The lowest BCUT2D eigenvalue weighted by Gasteiger charge is -2.33. The van der Waals surface area contributed by atoms with Gasteiger partial charge in [-0.2, -0.15) is 0 Å². The quantitative estimate of drug-likeness (QED) is 0.781. The van der Waals surface area contributed by atoms with Crippen LogP contribution in [0.15, 0.2) is 4.79 Å². The molecule has 2 aliphatic rings. The minimum Gasteiger partial charge on any atom is -0.376 e. The van der Waals surface area contributed by atoms with Crippen LogP contribution in [0.25, 0.3) is 10.2 Å². The first-order chi connectivity index (χ1) is 13.8. The van der Waals surface area contributed by atoms with Gasteiger partial charge in [-0.3, -0.25) is 9.59 Å². The maximum Gasteiger partial charge on any atom is 0.259 e. The zero-order chi connectivity index (χ0) is 20.6. The molecule has 7 heteroatoms. The molecule has 0 saturated carbocycles. The van der Waals surface area contributed by atoms with E-state index in [0.29, 0.717) is 31.1 Å². The Labute approximate surface area is 175 Å². The summed E-state index contributed by atoms with van der Waals surface area (Å²) in [4.78, 5) is 34.6. The number of hydrogen-bond donors (Lipinski definition) is 2. The number of thiophene rings is 1. The largest absolute Gasteiger partial charge is 0.376 e. The lowest BCUT2D eigenvalue weighted by atomic mass is 9.72. The van der Waals surface area contributed by atoms with Crippen LogP contribution in [0.5, 0.6) is 0 Å². The monoisotopic (exact) mass is 417 g/mol. The number of carbonyl (C=O) groups excluding carboxylic acids is 1. The predicted molar refractivity (Wildman–Crippen MR) is 116 cm³/mol. The van der Waals surface area contributed by atoms with Gasteiger partial charge in [0.25, 0.3) is 5.56 Å². The van der Waals surface area contributed by atoms with Crippen molar-refractivity contribution in [2.75, 3.05) is 13.2 Å². The number of fused-ring (bicyclic) bond motifs is 3. The number of nitrogens with one attached hydrogen (secondary N) is 2. The average molecular weight is 418 g/mol. The summed E-state index contributed by atoms with van der Waals surface area (Å²) in [6.45, 7) is 8.23. The van der Waals surface area contributed by atoms with Crippen LogP contribution in [-0.4, -0.2) is 35.1 Å². The molecule has 4 rings (SSSR count). The summed E-state index contributed by atoms with van der Waals surface area (Å²) in [7, 11) is 0. The molecule has 0 radical (unpaired) electrons. The summed E-state index contributed by atoms with van der Waals surface area (Å²) in [6.07, 6.45) is 6.07. The first-order valence-corrected chi connectivity index (χ1v) is 11.5. The summed E-state index contributed by atoms with van der Waals surface area (Å²) in [5, 5.41) is 3.69. The van der Waals surface area contributed by atoms with Gasteiger partial charge in [-0.05, 0) is 49.0 Å². The van der Waals surface area contributed by atoms with E-state index in [-0.39, 0.29) is 23.0 Å². The van der Waals surface area contributed by atoms with Gasteiger partial charge in [-0.15, -0.1) is 11.3 Å². The summed E-state index contributed by atoms with van der Waals surface area (Å²) in [5.41, 5.74) is 1.41. The average Bonchev–Trinajstić information content (AvgIpc) is 3.30. The Morgan fingerprint density at radius 3 is 2.90 bits per heavy atom. The number of carbonyl (C=O) groups is 1. The summed E-state index contributed by atoms with van der Waals surface area (Å²) < 4.78 is 5.53. The molecule has 29 heavy (non-hydrogen) atoms. The molecule has 2 aromatic heterocycles. The smallest absolute Gasteiger partial charge is 0.259 e. The third kappa shape index (κ3) is 4.56. The topological polar surface area (TPSA) is 84.1 Å². The van der Waals surface area contributed by atoms with Crippen molar-refractivity contribution < 1.29 is 9.53 Å². The van der Waals surface area contributed by atoms with Gasteiger partial charge in [0.05, 0.1) is 11.5 Å². The van der Waals surface area contributed by atoms with Crippen molar-refractivity contribution in [1.29, 1.82) is 0 Å². The second-order valence-electron chi connectivity index (χ2n) is 9.44. The Morgan fingerprint density at radius 1 is 1.34 bits per heavy atom. The van der Waals surface area contributed by atoms with Crippen LogP contribution in [0.4, 0.5) is 0 Å². The zero-order valence-corrected chi connectivity index (χ0v) is 18.4. The maximum atomic E-state index is 12.7. The third-order valence-electron chi connectivity index (χ3n) is 6.33. The van der Waals surface area contributed by atoms with Gasteiger partial charge in [-0.1, -0.05) is 20.8 Å². The highest BCUT2D eigenvalue weighted by atomic mass is 32.1. The number of rotatable bonds is 5. The maximum absolute atomic E-state index is 12.7. The highest BCUT2D eigenvalue weighted by Crippen LogP contribution is 2.41. The van der Waals surface area contributed by atoms with Gasteiger partial charge < -0.3 is 15.0 Å². The number of hydrogen-bond acceptors (Lipinski definition) is 5. The molecule has 2 aromatic rings. The minimum absolute atomic E-state index is 0.0262. The van der Waals surface area contributed by atoms with Crippen molar-refractivity contribution in [3.8, 4) is 0 Å². The van der Waals surface area contributed by atoms with E-state index in [9.17, 15) is 9.59 Å². The lowest BCUT2D eigenvalue weighted by Crippen LogP contribution is -2.32. The number of H-pyrrole nitrogens is 1. The summed E-state index contributed by atoms with van der Waals surface area (Å²) in [6, 6.07) is 0. The molecular weight excluding hydrogens is 386 g/mol. The van der Waals surface area contributed by atoms with E-state index < -0.39 is 0 Å². The van der Waals surface area contributed by atoms with Crippen LogP contribution < -0.4 is 10.9 Å². The molecule has 3 heterocycles. The van der Waals surface area contributed by atoms with Gasteiger partial charge in [0.15, 0.2) is 0 Å². The molecule has 1 fully saturated rings. The van der Waals surface area contributed by atoms with Crippen molar-refractivity contribution in [2.24, 2.45) is 11.3 Å². The molecule has 1 aliphatic carbocycles. The van der Waals surface area contributed by atoms with Gasteiger partial charge in [0, 0.05) is 30.9 Å². The van der Waals surface area contributed by atoms with E-state index in [1.54, 1.807) is 11.3 Å². The van der Waals surface area contributed by atoms with Crippen LogP contribution in [0.1, 0.15) is 62.7 Å². The van der Waals surface area contributed by atoms with Crippen LogP contribution in [0.2, 0.25) is 0 Å². The van der Waals surface area contributed by atoms with Gasteiger partial charge in [0.1, 0.15) is 10.7 Å². The summed E-state index contributed by atoms with van der Waals surface area (Å²) >= 11 is 1.66. The van der Waals surface area contributed by atoms with Crippen LogP contribution in [0.3, 0.4) is 0 Å². The molecule has 1 saturated heterocycles. The molecule has 2 atom stereocenters. The molecule has 6 nitrogen and oxygen atoms in total.